The van der Waals surface area contributed by atoms with E-state index in [1.165, 1.54) is 0 Å². The molecule has 2 N–H and O–H groups in total. The zero-order chi connectivity index (χ0) is 13.0. The second kappa shape index (κ2) is 5.89. The zero-order valence-corrected chi connectivity index (χ0v) is 10.7. The van der Waals surface area contributed by atoms with E-state index in [2.05, 4.69) is 0 Å². The normalized spacial score (nSPS) is 14.2. The first-order valence-corrected chi connectivity index (χ1v) is 5.57. The van der Waals surface area contributed by atoms with Gasteiger partial charge in [0.05, 0.1) is 26.4 Å². The number of methoxy groups -OCH3 is 2. The summed E-state index contributed by atoms with van der Waals surface area (Å²) >= 11 is 0. The molecule has 0 fully saturated rings. The van der Waals surface area contributed by atoms with E-state index in [-0.39, 0.29) is 0 Å². The van der Waals surface area contributed by atoms with Crippen molar-refractivity contribution in [1.82, 2.24) is 0 Å². The fraction of sp³-hybridized carbons (Fsp3) is 0.538. The van der Waals surface area contributed by atoms with E-state index in [9.17, 15) is 10.2 Å². The van der Waals surface area contributed by atoms with E-state index in [1.807, 2.05) is 19.1 Å². The van der Waals surface area contributed by atoms with Crippen LogP contribution in [0, 0.1) is 6.92 Å². The third kappa shape index (κ3) is 3.35. The molecule has 0 aromatic heterocycles. The Labute approximate surface area is 102 Å². The topological polar surface area (TPSA) is 58.9 Å². The SMILES string of the molecule is COc1cc(CC(O)C(C)O)c(OC)cc1C. The van der Waals surface area contributed by atoms with Gasteiger partial charge in [0.1, 0.15) is 11.5 Å². The van der Waals surface area contributed by atoms with Crippen LogP contribution in [0.1, 0.15) is 18.1 Å². The van der Waals surface area contributed by atoms with Gasteiger partial charge in [-0.15, -0.1) is 0 Å². The monoisotopic (exact) mass is 240 g/mol. The van der Waals surface area contributed by atoms with E-state index in [1.54, 1.807) is 21.1 Å². The van der Waals surface area contributed by atoms with Crippen molar-refractivity contribution in [1.29, 1.82) is 0 Å². The summed E-state index contributed by atoms with van der Waals surface area (Å²) in [5, 5.41) is 19.0. The summed E-state index contributed by atoms with van der Waals surface area (Å²) in [5.41, 5.74) is 1.79. The first kappa shape index (κ1) is 13.8. The maximum absolute atomic E-state index is 9.69. The number of benzene rings is 1. The van der Waals surface area contributed by atoms with Gasteiger partial charge in [-0.25, -0.2) is 0 Å². The number of aliphatic hydroxyl groups is 2. The minimum absolute atomic E-state index is 0.331. The van der Waals surface area contributed by atoms with Gasteiger partial charge in [0.25, 0.3) is 0 Å². The summed E-state index contributed by atoms with van der Waals surface area (Å²) in [6.45, 7) is 3.48. The molecule has 0 saturated carbocycles. The van der Waals surface area contributed by atoms with Crippen molar-refractivity contribution in [2.45, 2.75) is 32.5 Å². The van der Waals surface area contributed by atoms with Crippen LogP contribution in [0.15, 0.2) is 12.1 Å². The van der Waals surface area contributed by atoms with Gasteiger partial charge in [0.15, 0.2) is 0 Å². The number of hydrogen-bond acceptors (Lipinski definition) is 4. The van der Waals surface area contributed by atoms with Crippen LogP contribution in [-0.2, 0) is 6.42 Å². The molecule has 2 atom stereocenters. The lowest BCUT2D eigenvalue weighted by atomic mass is 10.0. The summed E-state index contributed by atoms with van der Waals surface area (Å²) in [6.07, 6.45) is -1.25. The predicted octanol–water partition coefficient (Wildman–Crippen LogP) is 1.30. The smallest absolute Gasteiger partial charge is 0.122 e. The highest BCUT2D eigenvalue weighted by atomic mass is 16.5. The third-order valence-corrected chi connectivity index (χ3v) is 2.78. The summed E-state index contributed by atoms with van der Waals surface area (Å²) in [5.74, 6) is 1.45. The lowest BCUT2D eigenvalue weighted by Gasteiger charge is -2.17. The molecule has 0 aliphatic rings. The molecule has 0 saturated heterocycles. The summed E-state index contributed by atoms with van der Waals surface area (Å²) in [4.78, 5) is 0. The molecule has 0 aliphatic heterocycles. The molecule has 1 aromatic rings. The van der Waals surface area contributed by atoms with Crippen molar-refractivity contribution in [2.75, 3.05) is 14.2 Å². The van der Waals surface area contributed by atoms with E-state index >= 15 is 0 Å². The highest BCUT2D eigenvalue weighted by molar-refractivity contribution is 5.46. The maximum atomic E-state index is 9.69. The first-order chi connectivity index (χ1) is 7.99. The first-order valence-electron chi connectivity index (χ1n) is 5.57. The molecule has 4 nitrogen and oxygen atoms in total. The molecule has 1 aromatic carbocycles. The zero-order valence-electron chi connectivity index (χ0n) is 10.7. The highest BCUT2D eigenvalue weighted by Crippen LogP contribution is 2.29. The highest BCUT2D eigenvalue weighted by Gasteiger charge is 2.16. The average Bonchev–Trinajstić information content (AvgIpc) is 2.30. The Morgan fingerprint density at radius 1 is 1.12 bits per heavy atom. The summed E-state index contributed by atoms with van der Waals surface area (Å²) in [6, 6.07) is 3.70. The molecule has 0 aliphatic carbocycles. The van der Waals surface area contributed by atoms with Crippen LogP contribution in [0.25, 0.3) is 0 Å². The van der Waals surface area contributed by atoms with Crippen molar-refractivity contribution in [2.24, 2.45) is 0 Å². The largest absolute Gasteiger partial charge is 0.496 e. The second-order valence-corrected chi connectivity index (χ2v) is 4.15. The molecule has 4 heteroatoms. The molecular formula is C13H20O4. The second-order valence-electron chi connectivity index (χ2n) is 4.15. The molecule has 0 bridgehead atoms. The number of hydrogen-bond donors (Lipinski definition) is 2. The van der Waals surface area contributed by atoms with Gasteiger partial charge in [-0.2, -0.15) is 0 Å². The van der Waals surface area contributed by atoms with Gasteiger partial charge in [0.2, 0.25) is 0 Å². The Morgan fingerprint density at radius 3 is 2.18 bits per heavy atom. The van der Waals surface area contributed by atoms with Gasteiger partial charge in [-0.1, -0.05) is 0 Å². The van der Waals surface area contributed by atoms with Gasteiger partial charge in [-0.3, -0.25) is 0 Å². The molecule has 96 valence electrons. The Kier molecular flexibility index (Phi) is 4.78. The van der Waals surface area contributed by atoms with Crippen LogP contribution in [-0.4, -0.2) is 36.6 Å². The van der Waals surface area contributed by atoms with Gasteiger partial charge >= 0.3 is 0 Å². The fourth-order valence-electron chi connectivity index (χ4n) is 1.67. The number of ether oxygens (including phenoxy) is 2. The number of aliphatic hydroxyl groups excluding tert-OH is 2. The average molecular weight is 240 g/mol. The van der Waals surface area contributed by atoms with Crippen molar-refractivity contribution >= 4 is 0 Å². The number of aryl methyl sites for hydroxylation is 1. The summed E-state index contributed by atoms with van der Waals surface area (Å²) in [7, 11) is 3.18. The Balaban J connectivity index is 3.04. The lowest BCUT2D eigenvalue weighted by Crippen LogP contribution is -2.25. The van der Waals surface area contributed by atoms with Crippen LogP contribution < -0.4 is 9.47 Å². The molecule has 0 heterocycles. The molecular weight excluding hydrogens is 220 g/mol. The van der Waals surface area contributed by atoms with E-state index < -0.39 is 12.2 Å². The Bertz CT molecular complexity index is 374. The molecule has 0 amide bonds. The van der Waals surface area contributed by atoms with Crippen molar-refractivity contribution < 1.29 is 19.7 Å². The van der Waals surface area contributed by atoms with Crippen LogP contribution in [0.3, 0.4) is 0 Å². The summed E-state index contributed by atoms with van der Waals surface area (Å²) < 4.78 is 10.5. The van der Waals surface area contributed by atoms with Gasteiger partial charge in [-0.05, 0) is 31.5 Å². The van der Waals surface area contributed by atoms with E-state index in [4.69, 9.17) is 9.47 Å². The minimum atomic E-state index is -0.809. The molecule has 0 spiro atoms. The van der Waals surface area contributed by atoms with Crippen molar-refractivity contribution in [3.63, 3.8) is 0 Å². The van der Waals surface area contributed by atoms with Crippen molar-refractivity contribution in [3.8, 4) is 11.5 Å². The third-order valence-electron chi connectivity index (χ3n) is 2.78. The van der Waals surface area contributed by atoms with Crippen LogP contribution in [0.4, 0.5) is 0 Å². The van der Waals surface area contributed by atoms with Crippen LogP contribution in [0.2, 0.25) is 0 Å². The molecule has 2 unspecified atom stereocenters. The predicted molar refractivity (Wildman–Crippen MR) is 65.7 cm³/mol. The standard InChI is InChI=1S/C13H20O4/c1-8-5-13(17-4)10(7-12(8)16-3)6-11(15)9(2)14/h5,7,9,11,14-15H,6H2,1-4H3. The maximum Gasteiger partial charge on any atom is 0.122 e. The quantitative estimate of drug-likeness (QED) is 0.814. The van der Waals surface area contributed by atoms with E-state index in [0.29, 0.717) is 12.2 Å². The van der Waals surface area contributed by atoms with Crippen LogP contribution in [0.5, 0.6) is 11.5 Å². The molecule has 17 heavy (non-hydrogen) atoms. The van der Waals surface area contributed by atoms with E-state index in [0.717, 1.165) is 16.9 Å². The lowest BCUT2D eigenvalue weighted by molar-refractivity contribution is 0.0316. The van der Waals surface area contributed by atoms with Gasteiger partial charge in [0, 0.05) is 12.0 Å². The number of rotatable bonds is 5. The Morgan fingerprint density at radius 2 is 1.71 bits per heavy atom. The van der Waals surface area contributed by atoms with Crippen molar-refractivity contribution in [3.05, 3.63) is 23.3 Å². The molecule has 1 rings (SSSR count). The fourth-order valence-corrected chi connectivity index (χ4v) is 1.67. The minimum Gasteiger partial charge on any atom is -0.496 e. The van der Waals surface area contributed by atoms with Gasteiger partial charge < -0.3 is 19.7 Å². The Hall–Kier alpha value is -1.26. The molecule has 0 radical (unpaired) electrons. The van der Waals surface area contributed by atoms with Crippen LogP contribution >= 0.6 is 0 Å².